The van der Waals surface area contributed by atoms with Crippen LogP contribution in [0.4, 0.5) is 0 Å². The monoisotopic (exact) mass is 396 g/mol. The molecule has 0 bridgehead atoms. The summed E-state index contributed by atoms with van der Waals surface area (Å²) in [6.45, 7) is 16.3. The van der Waals surface area contributed by atoms with Gasteiger partial charge in [0.2, 0.25) is 0 Å². The number of hydrogen-bond donors (Lipinski definition) is 1. The fourth-order valence-corrected chi connectivity index (χ4v) is 6.25. The first kappa shape index (κ1) is 22.6. The summed E-state index contributed by atoms with van der Waals surface area (Å²) < 4.78 is 0. The van der Waals surface area contributed by atoms with Crippen molar-refractivity contribution in [2.24, 2.45) is 35.0 Å². The van der Waals surface area contributed by atoms with E-state index >= 15 is 0 Å². The van der Waals surface area contributed by atoms with E-state index in [0.717, 1.165) is 37.0 Å². The summed E-state index contributed by atoms with van der Waals surface area (Å²) in [6.07, 6.45) is 18.8. The van der Waals surface area contributed by atoms with Crippen molar-refractivity contribution >= 4 is 0 Å². The summed E-state index contributed by atoms with van der Waals surface area (Å²) in [6, 6.07) is 0. The van der Waals surface area contributed by atoms with Crippen molar-refractivity contribution in [2.75, 3.05) is 0 Å². The first-order valence-electron chi connectivity index (χ1n) is 12.2. The Morgan fingerprint density at radius 2 is 1.79 bits per heavy atom. The summed E-state index contributed by atoms with van der Waals surface area (Å²) in [7, 11) is 0. The maximum atomic E-state index is 10.0. The molecule has 1 N–H and O–H groups in total. The van der Waals surface area contributed by atoms with E-state index in [0.29, 0.717) is 17.3 Å². The van der Waals surface area contributed by atoms with Crippen molar-refractivity contribution in [1.82, 2.24) is 0 Å². The summed E-state index contributed by atoms with van der Waals surface area (Å²) >= 11 is 0. The summed E-state index contributed by atoms with van der Waals surface area (Å²) in [5.41, 5.74) is 4.61. The molecule has 3 saturated carbocycles. The lowest BCUT2D eigenvalue weighted by Gasteiger charge is -2.44. The van der Waals surface area contributed by atoms with Crippen molar-refractivity contribution in [3.05, 3.63) is 47.6 Å². The lowest BCUT2D eigenvalue weighted by molar-refractivity contribution is 0.112. The Labute approximate surface area is 180 Å². The molecule has 0 aliphatic heterocycles. The molecule has 3 aliphatic rings. The molecule has 0 aromatic heterocycles. The number of fused-ring (bicyclic) bond motifs is 1. The zero-order valence-corrected chi connectivity index (χ0v) is 19.6. The minimum atomic E-state index is -0.182. The molecule has 6 atom stereocenters. The van der Waals surface area contributed by atoms with Gasteiger partial charge in [0.05, 0.1) is 6.10 Å². The van der Waals surface area contributed by atoms with Crippen molar-refractivity contribution in [2.45, 2.75) is 92.1 Å². The highest BCUT2D eigenvalue weighted by Gasteiger charge is 2.50. The fraction of sp³-hybridized carbons (Fsp3) is 0.714. The maximum Gasteiger partial charge on any atom is 0.0583 e. The van der Waals surface area contributed by atoms with Crippen molar-refractivity contribution in [3.63, 3.8) is 0 Å². The standard InChI is InChI=1S/C28H44O/c1-19(2)20(3)9-10-22(5)26-15-16-27-23(8-7-17-28(26,27)6)12-13-24-18-25(29)14-11-21(24)4/h9-10,12-13,19-20,22,25-27,29H,4,7-8,11,14-18H2,1-3,5-6H3/b10-9+,23-12-,24-13-/t20-,22+,25+,26+,27-,28+/m0/s1. The maximum absolute atomic E-state index is 10.0. The second-order valence-electron chi connectivity index (χ2n) is 10.9. The number of hydrogen-bond acceptors (Lipinski definition) is 1. The van der Waals surface area contributed by atoms with Crippen LogP contribution in [0.2, 0.25) is 0 Å². The molecule has 0 spiro atoms. The molecule has 0 amide bonds. The Hall–Kier alpha value is -1.08. The third-order valence-corrected chi connectivity index (χ3v) is 8.63. The number of allylic oxidation sites excluding steroid dienone is 6. The van der Waals surface area contributed by atoms with E-state index in [1.165, 1.54) is 43.3 Å². The van der Waals surface area contributed by atoms with Gasteiger partial charge in [0.25, 0.3) is 0 Å². The first-order chi connectivity index (χ1) is 13.7. The largest absolute Gasteiger partial charge is 0.393 e. The average molecular weight is 397 g/mol. The quantitative estimate of drug-likeness (QED) is 0.473. The van der Waals surface area contributed by atoms with Gasteiger partial charge in [-0.2, -0.15) is 0 Å². The van der Waals surface area contributed by atoms with Gasteiger partial charge in [-0.15, -0.1) is 0 Å². The van der Waals surface area contributed by atoms with E-state index in [2.05, 4.69) is 65.5 Å². The van der Waals surface area contributed by atoms with Gasteiger partial charge in [0.1, 0.15) is 0 Å². The van der Waals surface area contributed by atoms with Crippen LogP contribution in [0.1, 0.15) is 86.0 Å². The smallest absolute Gasteiger partial charge is 0.0583 e. The summed E-state index contributed by atoms with van der Waals surface area (Å²) in [5, 5.41) is 10.0. The van der Waals surface area contributed by atoms with E-state index < -0.39 is 0 Å². The summed E-state index contributed by atoms with van der Waals surface area (Å²) in [5.74, 6) is 3.58. The van der Waals surface area contributed by atoms with Crippen LogP contribution in [0.3, 0.4) is 0 Å². The first-order valence-corrected chi connectivity index (χ1v) is 12.2. The van der Waals surface area contributed by atoms with Gasteiger partial charge in [-0.25, -0.2) is 0 Å². The van der Waals surface area contributed by atoms with Gasteiger partial charge in [-0.3, -0.25) is 0 Å². The van der Waals surface area contributed by atoms with E-state index in [1.54, 1.807) is 5.57 Å². The third-order valence-electron chi connectivity index (χ3n) is 8.63. The zero-order valence-electron chi connectivity index (χ0n) is 19.6. The SMILES string of the molecule is C=C1CC[C@@H](O)C/C1=C/C=C1/CCC[C@]2(C)[C@@H]([C@H](C)/C=C/[C@H](C)C(C)C)CC[C@@H]12. The third kappa shape index (κ3) is 4.98. The Morgan fingerprint density at radius 1 is 1.03 bits per heavy atom. The minimum absolute atomic E-state index is 0.182. The van der Waals surface area contributed by atoms with Crippen LogP contribution in [0.5, 0.6) is 0 Å². The lowest BCUT2D eigenvalue weighted by atomic mass is 9.61. The van der Waals surface area contributed by atoms with Gasteiger partial charge < -0.3 is 5.11 Å². The molecule has 162 valence electrons. The second-order valence-corrected chi connectivity index (χ2v) is 10.9. The highest BCUT2D eigenvalue weighted by atomic mass is 16.3. The van der Waals surface area contributed by atoms with Crippen LogP contribution in [0.25, 0.3) is 0 Å². The molecule has 1 nitrogen and oxygen atoms in total. The molecule has 3 rings (SSSR count). The zero-order chi connectivity index (χ0) is 21.2. The Morgan fingerprint density at radius 3 is 2.52 bits per heavy atom. The summed E-state index contributed by atoms with van der Waals surface area (Å²) in [4.78, 5) is 0. The van der Waals surface area contributed by atoms with Gasteiger partial charge in [0.15, 0.2) is 0 Å². The molecule has 0 radical (unpaired) electrons. The van der Waals surface area contributed by atoms with Crippen LogP contribution in [0, 0.1) is 35.0 Å². The van der Waals surface area contributed by atoms with E-state index in [4.69, 9.17) is 0 Å². The topological polar surface area (TPSA) is 20.2 Å². The van der Waals surface area contributed by atoms with Crippen LogP contribution in [-0.2, 0) is 0 Å². The van der Waals surface area contributed by atoms with Crippen LogP contribution < -0.4 is 0 Å². The van der Waals surface area contributed by atoms with Gasteiger partial charge >= 0.3 is 0 Å². The van der Waals surface area contributed by atoms with Gasteiger partial charge in [-0.1, -0.05) is 76.6 Å². The molecule has 0 aromatic rings. The van der Waals surface area contributed by atoms with E-state index in [-0.39, 0.29) is 6.10 Å². The predicted molar refractivity (Wildman–Crippen MR) is 126 cm³/mol. The Kier molecular flexibility index (Phi) is 7.31. The van der Waals surface area contributed by atoms with Crippen LogP contribution in [-0.4, -0.2) is 11.2 Å². The van der Waals surface area contributed by atoms with Crippen molar-refractivity contribution < 1.29 is 5.11 Å². The number of aliphatic hydroxyl groups is 1. The van der Waals surface area contributed by atoms with E-state index in [9.17, 15) is 5.11 Å². The van der Waals surface area contributed by atoms with Crippen molar-refractivity contribution in [1.29, 1.82) is 0 Å². The molecule has 0 unspecified atom stereocenters. The molecule has 29 heavy (non-hydrogen) atoms. The molecular formula is C28H44O. The average Bonchev–Trinajstić information content (AvgIpc) is 3.04. The lowest BCUT2D eigenvalue weighted by Crippen LogP contribution is -2.35. The normalized spacial score (nSPS) is 38.2. The van der Waals surface area contributed by atoms with Crippen molar-refractivity contribution in [3.8, 4) is 0 Å². The second kappa shape index (κ2) is 9.38. The molecule has 0 aromatic carbocycles. The fourth-order valence-electron chi connectivity index (χ4n) is 6.25. The van der Waals surface area contributed by atoms with Gasteiger partial charge in [-0.05, 0) is 91.9 Å². The Balaban J connectivity index is 1.75. The molecule has 0 saturated heterocycles. The highest BCUT2D eigenvalue weighted by Crippen LogP contribution is 2.59. The molecule has 1 heteroatoms. The molecule has 3 aliphatic carbocycles. The number of aliphatic hydroxyl groups excluding tert-OH is 1. The molecule has 0 heterocycles. The highest BCUT2D eigenvalue weighted by molar-refractivity contribution is 5.36. The van der Waals surface area contributed by atoms with Crippen LogP contribution >= 0.6 is 0 Å². The van der Waals surface area contributed by atoms with E-state index in [1.807, 2.05) is 0 Å². The minimum Gasteiger partial charge on any atom is -0.393 e. The Bertz CT molecular complexity index is 678. The molecular weight excluding hydrogens is 352 g/mol. The van der Waals surface area contributed by atoms with Crippen LogP contribution in [0.15, 0.2) is 47.6 Å². The predicted octanol–water partition coefficient (Wildman–Crippen LogP) is 7.64. The van der Waals surface area contributed by atoms with Gasteiger partial charge in [0, 0.05) is 0 Å². The number of rotatable bonds is 5. The molecule has 3 fully saturated rings.